The fraction of sp³-hybridized carbons (Fsp3) is 0.241. The number of carboxylic acids is 2. The van der Waals surface area contributed by atoms with Crippen molar-refractivity contribution in [3.05, 3.63) is 106 Å². The highest BCUT2D eigenvalue weighted by Crippen LogP contribution is 2.28. The van der Waals surface area contributed by atoms with E-state index in [1.54, 1.807) is 23.5 Å². The number of nitrogens with zero attached hydrogens (tertiary/aromatic N) is 1. The van der Waals surface area contributed by atoms with E-state index in [0.29, 0.717) is 24.1 Å². The van der Waals surface area contributed by atoms with Gasteiger partial charge in [-0.2, -0.15) is 0 Å². The van der Waals surface area contributed by atoms with Crippen LogP contribution in [0.25, 0.3) is 11.1 Å². The van der Waals surface area contributed by atoms with E-state index in [9.17, 15) is 19.8 Å². The second-order valence-electron chi connectivity index (χ2n) is 8.84. The summed E-state index contributed by atoms with van der Waals surface area (Å²) < 4.78 is 0. The van der Waals surface area contributed by atoms with E-state index < -0.39 is 11.9 Å². The number of unbranched alkanes of at least 4 members (excludes halogenated alkanes) is 1. The van der Waals surface area contributed by atoms with Gasteiger partial charge in [0.25, 0.3) is 0 Å². The summed E-state index contributed by atoms with van der Waals surface area (Å²) in [5, 5.41) is 24.9. The van der Waals surface area contributed by atoms with Gasteiger partial charge < -0.3 is 20.4 Å². The number of allylic oxidation sites excluding steroid dienone is 1. The summed E-state index contributed by atoms with van der Waals surface area (Å²) >= 11 is 1.55. The van der Waals surface area contributed by atoms with Crippen LogP contribution in [0.1, 0.15) is 47.0 Å². The number of thiophene rings is 1. The first-order valence-electron chi connectivity index (χ1n) is 12.1. The molecule has 7 heteroatoms. The molecule has 6 nitrogen and oxygen atoms in total. The Kier molecular flexibility index (Phi) is 8.23. The molecule has 0 bridgehead atoms. The van der Waals surface area contributed by atoms with Gasteiger partial charge in [0.05, 0.1) is 17.4 Å². The normalized spacial score (nSPS) is 15.5. The summed E-state index contributed by atoms with van der Waals surface area (Å²) in [6, 6.07) is 18.9. The Labute approximate surface area is 215 Å². The predicted molar refractivity (Wildman–Crippen MR) is 143 cm³/mol. The third kappa shape index (κ3) is 6.23. The third-order valence-electron chi connectivity index (χ3n) is 6.18. The molecule has 0 saturated carbocycles. The average molecular weight is 503 g/mol. The minimum absolute atomic E-state index is 0.0345. The van der Waals surface area contributed by atoms with Crippen molar-refractivity contribution < 1.29 is 19.8 Å². The summed E-state index contributed by atoms with van der Waals surface area (Å²) in [6.07, 6.45) is 7.12. The molecule has 0 saturated heterocycles. The molecule has 3 aromatic rings. The van der Waals surface area contributed by atoms with Crippen molar-refractivity contribution in [2.75, 3.05) is 0 Å². The van der Waals surface area contributed by atoms with Gasteiger partial charge in [0.1, 0.15) is 0 Å². The summed E-state index contributed by atoms with van der Waals surface area (Å²) in [5.41, 5.74) is 3.91. The van der Waals surface area contributed by atoms with Gasteiger partial charge in [0, 0.05) is 29.6 Å². The number of nitrogens with one attached hydrogen (secondary N) is 1. The molecule has 36 heavy (non-hydrogen) atoms. The van der Waals surface area contributed by atoms with E-state index in [1.165, 1.54) is 0 Å². The lowest BCUT2D eigenvalue weighted by atomic mass is 9.97. The fourth-order valence-corrected chi connectivity index (χ4v) is 5.10. The van der Waals surface area contributed by atoms with Crippen molar-refractivity contribution in [1.29, 1.82) is 0 Å². The van der Waals surface area contributed by atoms with Crippen molar-refractivity contribution in [3.8, 4) is 11.1 Å². The second kappa shape index (κ2) is 11.7. The minimum Gasteiger partial charge on any atom is -0.478 e. The van der Waals surface area contributed by atoms with Crippen LogP contribution in [0.3, 0.4) is 0 Å². The molecule has 2 heterocycles. The lowest BCUT2D eigenvalue weighted by Crippen LogP contribution is -2.35. The Hall–Kier alpha value is -3.84. The highest BCUT2D eigenvalue weighted by molar-refractivity contribution is 7.09. The van der Waals surface area contributed by atoms with Crippen LogP contribution in [-0.2, 0) is 17.8 Å². The molecule has 0 aliphatic carbocycles. The Bertz CT molecular complexity index is 1270. The topological polar surface area (TPSA) is 89.9 Å². The zero-order chi connectivity index (χ0) is 25.5. The molecular formula is C29H30N2O4S. The number of carboxylic acid groups (broad SMARTS) is 2. The monoisotopic (exact) mass is 502 g/mol. The molecular weight excluding hydrogens is 472 g/mol. The van der Waals surface area contributed by atoms with Gasteiger partial charge in [0.15, 0.2) is 0 Å². The van der Waals surface area contributed by atoms with Crippen molar-refractivity contribution >= 4 is 23.3 Å². The van der Waals surface area contributed by atoms with Crippen LogP contribution in [0.2, 0.25) is 0 Å². The zero-order valence-electron chi connectivity index (χ0n) is 20.2. The number of rotatable bonds is 11. The van der Waals surface area contributed by atoms with Crippen molar-refractivity contribution in [1.82, 2.24) is 10.2 Å². The maximum absolute atomic E-state index is 11.9. The molecule has 3 N–H and O–H groups in total. The molecule has 2 aromatic carbocycles. The second-order valence-corrected chi connectivity index (χ2v) is 9.87. The maximum atomic E-state index is 11.9. The molecule has 1 aromatic heterocycles. The molecule has 1 atom stereocenters. The van der Waals surface area contributed by atoms with Gasteiger partial charge in [-0.05, 0) is 59.2 Å². The average Bonchev–Trinajstić information content (AvgIpc) is 3.52. The van der Waals surface area contributed by atoms with Crippen molar-refractivity contribution in [2.45, 2.75) is 45.3 Å². The number of hydrogen-bond acceptors (Lipinski definition) is 5. The molecule has 0 fully saturated rings. The maximum Gasteiger partial charge on any atom is 0.336 e. The van der Waals surface area contributed by atoms with Crippen LogP contribution in [0.5, 0.6) is 0 Å². The molecule has 1 aliphatic rings. The lowest BCUT2D eigenvalue weighted by molar-refractivity contribution is -0.132. The van der Waals surface area contributed by atoms with Gasteiger partial charge in [-0.25, -0.2) is 9.59 Å². The van der Waals surface area contributed by atoms with Crippen LogP contribution in [0.4, 0.5) is 0 Å². The van der Waals surface area contributed by atoms with Crippen LogP contribution in [0, 0.1) is 0 Å². The first-order chi connectivity index (χ1) is 17.4. The SMILES string of the molecule is CCCCC1NC(/C=C(\Cc2cccs2)C(=O)O)=CN1Cc1ccc(C(=O)O)c(-c2ccccc2)c1. The largest absolute Gasteiger partial charge is 0.478 e. The van der Waals surface area contributed by atoms with Crippen LogP contribution in [-0.4, -0.2) is 33.2 Å². The minimum atomic E-state index is -0.955. The van der Waals surface area contributed by atoms with E-state index in [2.05, 4.69) is 17.1 Å². The fourth-order valence-electron chi connectivity index (χ4n) is 4.37. The number of carbonyl (C=O) groups is 2. The zero-order valence-corrected chi connectivity index (χ0v) is 21.0. The van der Waals surface area contributed by atoms with E-state index in [0.717, 1.165) is 41.0 Å². The number of hydrogen-bond donors (Lipinski definition) is 3. The number of benzene rings is 2. The van der Waals surface area contributed by atoms with E-state index in [-0.39, 0.29) is 11.7 Å². The van der Waals surface area contributed by atoms with Crippen molar-refractivity contribution in [3.63, 3.8) is 0 Å². The molecule has 0 amide bonds. The first-order valence-corrected chi connectivity index (χ1v) is 12.9. The van der Waals surface area contributed by atoms with Crippen LogP contribution in [0.15, 0.2) is 89.6 Å². The molecule has 4 rings (SSSR count). The van der Waals surface area contributed by atoms with E-state index in [1.807, 2.05) is 66.2 Å². The van der Waals surface area contributed by atoms with Gasteiger partial charge in [-0.15, -0.1) is 11.3 Å². The number of aromatic carboxylic acids is 1. The Morgan fingerprint density at radius 3 is 2.56 bits per heavy atom. The summed E-state index contributed by atoms with van der Waals surface area (Å²) in [4.78, 5) is 27.0. The van der Waals surface area contributed by atoms with Crippen LogP contribution >= 0.6 is 11.3 Å². The third-order valence-corrected chi connectivity index (χ3v) is 7.06. The Morgan fingerprint density at radius 2 is 1.89 bits per heavy atom. The first kappa shape index (κ1) is 25.3. The predicted octanol–water partition coefficient (Wildman–Crippen LogP) is 6.13. The Balaban J connectivity index is 1.62. The van der Waals surface area contributed by atoms with Crippen molar-refractivity contribution in [2.24, 2.45) is 0 Å². The quantitative estimate of drug-likeness (QED) is 0.273. The smallest absolute Gasteiger partial charge is 0.336 e. The van der Waals surface area contributed by atoms with Gasteiger partial charge >= 0.3 is 11.9 Å². The van der Waals surface area contributed by atoms with E-state index >= 15 is 0 Å². The molecule has 1 aliphatic heterocycles. The highest BCUT2D eigenvalue weighted by atomic mass is 32.1. The lowest BCUT2D eigenvalue weighted by Gasteiger charge is -2.26. The van der Waals surface area contributed by atoms with Crippen LogP contribution < -0.4 is 5.32 Å². The molecule has 0 spiro atoms. The number of aliphatic carboxylic acids is 1. The molecule has 186 valence electrons. The Morgan fingerprint density at radius 1 is 1.08 bits per heavy atom. The summed E-state index contributed by atoms with van der Waals surface area (Å²) in [7, 11) is 0. The molecule has 1 unspecified atom stereocenters. The van der Waals surface area contributed by atoms with Gasteiger partial charge in [-0.3, -0.25) is 0 Å². The van der Waals surface area contributed by atoms with E-state index in [4.69, 9.17) is 0 Å². The summed E-state index contributed by atoms with van der Waals surface area (Å²) in [6.45, 7) is 2.72. The van der Waals surface area contributed by atoms with Gasteiger partial charge in [-0.1, -0.05) is 55.8 Å². The molecule has 0 radical (unpaired) electrons. The van der Waals surface area contributed by atoms with Gasteiger partial charge in [0.2, 0.25) is 0 Å². The standard InChI is InChI=1S/C29H30N2O4S/c1-2-3-11-27-30-23(16-22(28(32)33)17-24-10-7-14-36-24)19-31(27)18-20-12-13-25(29(34)35)26(15-20)21-8-5-4-6-9-21/h4-10,12-16,19,27,30H,2-3,11,17-18H2,1H3,(H,32,33)(H,34,35)/b22-16+. The highest BCUT2D eigenvalue weighted by Gasteiger charge is 2.24. The summed E-state index contributed by atoms with van der Waals surface area (Å²) in [5.74, 6) is -1.88.